The van der Waals surface area contributed by atoms with Crippen LogP contribution in [0.3, 0.4) is 0 Å². The van der Waals surface area contributed by atoms with Gasteiger partial charge in [-0.05, 0) is 18.6 Å². The molecule has 0 radical (unpaired) electrons. The number of carbonyl (C=O) groups is 1. The maximum Gasteiger partial charge on any atom is 0.408 e. The lowest BCUT2D eigenvalue weighted by atomic mass is 10.0. The molecule has 0 fully saturated rings. The molecule has 1 aromatic rings. The largest absolute Gasteiger partial charge is 0.408 e. The Bertz CT molecular complexity index is 445. The van der Waals surface area contributed by atoms with Crippen LogP contribution in [-0.2, 0) is 0 Å². The van der Waals surface area contributed by atoms with Gasteiger partial charge in [-0.15, -0.1) is 0 Å². The third kappa shape index (κ3) is 8.05. The Hall–Kier alpha value is -1.52. The van der Waals surface area contributed by atoms with Crippen molar-refractivity contribution in [1.29, 1.82) is 0 Å². The van der Waals surface area contributed by atoms with Gasteiger partial charge in [0.05, 0.1) is 0 Å². The minimum absolute atomic E-state index is 0.0597. The van der Waals surface area contributed by atoms with Gasteiger partial charge < -0.3 is 5.32 Å². The number of unbranched alkanes of at least 4 members (excludes halogenated alkanes) is 6. The van der Waals surface area contributed by atoms with E-state index in [0.29, 0.717) is 6.42 Å². The molecule has 0 heterocycles. The normalized spacial score (nSPS) is 12.9. The van der Waals surface area contributed by atoms with Crippen LogP contribution in [0.1, 0.15) is 68.6 Å². The Kier molecular flexibility index (Phi) is 8.74. The molecule has 1 amide bonds. The lowest BCUT2D eigenvalue weighted by Crippen LogP contribution is -2.45. The molecule has 1 rings (SSSR count). The van der Waals surface area contributed by atoms with Crippen molar-refractivity contribution in [1.82, 2.24) is 5.32 Å². The topological polar surface area (TPSA) is 29.1 Å². The second kappa shape index (κ2) is 10.3. The molecule has 130 valence electrons. The van der Waals surface area contributed by atoms with Crippen LogP contribution in [0.25, 0.3) is 0 Å². The number of hydrogen-bond donors (Lipinski definition) is 1. The van der Waals surface area contributed by atoms with Crippen molar-refractivity contribution in [2.75, 3.05) is 0 Å². The van der Waals surface area contributed by atoms with Crippen LogP contribution >= 0.6 is 0 Å². The number of rotatable bonds is 10. The molecule has 1 N–H and O–H groups in total. The SMILES string of the molecule is CCCCCCCCC[C@@H](NC(=O)c1ccccc1)C(F)(F)F. The van der Waals surface area contributed by atoms with Gasteiger partial charge in [0.1, 0.15) is 6.04 Å². The Balaban J connectivity index is 2.40. The molecule has 23 heavy (non-hydrogen) atoms. The number of halogens is 3. The second-order valence-electron chi connectivity index (χ2n) is 5.84. The molecule has 0 saturated carbocycles. The fraction of sp³-hybridized carbons (Fsp3) is 0.611. The third-order valence-corrected chi connectivity index (χ3v) is 3.83. The van der Waals surface area contributed by atoms with Gasteiger partial charge in [-0.25, -0.2) is 0 Å². The standard InChI is InChI=1S/C18H26F3NO/c1-2-3-4-5-6-7-11-14-16(18(19,20)21)22-17(23)15-12-9-8-10-13-15/h8-10,12-13,16H,2-7,11,14H2,1H3,(H,22,23)/t16-/m1/s1. The van der Waals surface area contributed by atoms with Gasteiger partial charge in [0, 0.05) is 5.56 Å². The molecule has 1 atom stereocenters. The average molecular weight is 329 g/mol. The zero-order chi connectivity index (χ0) is 17.1. The zero-order valence-corrected chi connectivity index (χ0v) is 13.7. The Morgan fingerprint density at radius 3 is 2.13 bits per heavy atom. The molecule has 0 aliphatic carbocycles. The molecule has 2 nitrogen and oxygen atoms in total. The molecule has 0 spiro atoms. The quantitative estimate of drug-likeness (QED) is 0.565. The van der Waals surface area contributed by atoms with Crippen molar-refractivity contribution in [3.05, 3.63) is 35.9 Å². The third-order valence-electron chi connectivity index (χ3n) is 3.83. The highest BCUT2D eigenvalue weighted by Gasteiger charge is 2.40. The summed E-state index contributed by atoms with van der Waals surface area (Å²) in [6.07, 6.45) is 2.29. The number of amides is 1. The monoisotopic (exact) mass is 329 g/mol. The van der Waals surface area contributed by atoms with Crippen LogP contribution in [0.5, 0.6) is 0 Å². The lowest BCUT2D eigenvalue weighted by molar-refractivity contribution is -0.155. The van der Waals surface area contributed by atoms with Gasteiger partial charge in [0.2, 0.25) is 0 Å². The molecular formula is C18H26F3NO. The number of carbonyl (C=O) groups excluding carboxylic acids is 1. The van der Waals surface area contributed by atoms with Crippen LogP contribution in [0.4, 0.5) is 13.2 Å². The number of benzene rings is 1. The molecule has 1 aromatic carbocycles. The summed E-state index contributed by atoms with van der Waals surface area (Å²) >= 11 is 0. The summed E-state index contributed by atoms with van der Waals surface area (Å²) in [5, 5.41) is 2.12. The summed E-state index contributed by atoms with van der Waals surface area (Å²) in [4.78, 5) is 11.9. The van der Waals surface area contributed by atoms with E-state index >= 15 is 0 Å². The van der Waals surface area contributed by atoms with E-state index in [4.69, 9.17) is 0 Å². The Morgan fingerprint density at radius 2 is 1.57 bits per heavy atom. The van der Waals surface area contributed by atoms with Crippen molar-refractivity contribution in [2.24, 2.45) is 0 Å². The minimum atomic E-state index is -4.41. The molecule has 0 aromatic heterocycles. The fourth-order valence-corrected chi connectivity index (χ4v) is 2.45. The predicted molar refractivity (Wildman–Crippen MR) is 86.4 cm³/mol. The van der Waals surface area contributed by atoms with Crippen molar-refractivity contribution in [3.8, 4) is 0 Å². The first-order valence-electron chi connectivity index (χ1n) is 8.37. The molecular weight excluding hydrogens is 303 g/mol. The first kappa shape index (κ1) is 19.5. The highest BCUT2D eigenvalue weighted by atomic mass is 19.4. The van der Waals surface area contributed by atoms with Gasteiger partial charge in [0.25, 0.3) is 5.91 Å². The summed E-state index contributed by atoms with van der Waals surface area (Å²) in [5.74, 6) is -0.670. The maximum atomic E-state index is 13.1. The van der Waals surface area contributed by atoms with Crippen LogP contribution in [0.2, 0.25) is 0 Å². The smallest absolute Gasteiger partial charge is 0.340 e. The molecule has 0 aliphatic heterocycles. The van der Waals surface area contributed by atoms with Crippen molar-refractivity contribution in [3.63, 3.8) is 0 Å². The summed E-state index contributed by atoms with van der Waals surface area (Å²) in [6, 6.07) is 6.23. The number of hydrogen-bond acceptors (Lipinski definition) is 1. The van der Waals surface area contributed by atoms with E-state index in [1.54, 1.807) is 18.2 Å². The van der Waals surface area contributed by atoms with Gasteiger partial charge >= 0.3 is 6.18 Å². The summed E-state index contributed by atoms with van der Waals surface area (Å²) in [7, 11) is 0. The second-order valence-corrected chi connectivity index (χ2v) is 5.84. The van der Waals surface area contributed by atoms with Crippen molar-refractivity contribution in [2.45, 2.75) is 70.5 Å². The maximum absolute atomic E-state index is 13.1. The van der Waals surface area contributed by atoms with Gasteiger partial charge in [-0.2, -0.15) is 13.2 Å². The van der Waals surface area contributed by atoms with E-state index in [-0.39, 0.29) is 12.0 Å². The van der Waals surface area contributed by atoms with Crippen LogP contribution in [0.15, 0.2) is 30.3 Å². The van der Waals surface area contributed by atoms with Crippen LogP contribution in [0, 0.1) is 0 Å². The molecule has 0 aliphatic rings. The van der Waals surface area contributed by atoms with Crippen molar-refractivity contribution < 1.29 is 18.0 Å². The van der Waals surface area contributed by atoms with E-state index in [1.165, 1.54) is 18.6 Å². The van der Waals surface area contributed by atoms with Crippen LogP contribution < -0.4 is 5.32 Å². The molecule has 0 unspecified atom stereocenters. The van der Waals surface area contributed by atoms with E-state index in [2.05, 4.69) is 12.2 Å². The highest BCUT2D eigenvalue weighted by Crippen LogP contribution is 2.25. The van der Waals surface area contributed by atoms with E-state index in [1.807, 2.05) is 0 Å². The number of nitrogens with one attached hydrogen (secondary N) is 1. The average Bonchev–Trinajstić information content (AvgIpc) is 2.52. The Labute approximate surface area is 136 Å². The zero-order valence-electron chi connectivity index (χ0n) is 13.7. The molecule has 5 heteroatoms. The first-order valence-corrected chi connectivity index (χ1v) is 8.37. The summed E-state index contributed by atoms with van der Waals surface area (Å²) in [6.45, 7) is 2.13. The van der Waals surface area contributed by atoms with E-state index < -0.39 is 18.1 Å². The summed E-state index contributed by atoms with van der Waals surface area (Å²) < 4.78 is 39.2. The minimum Gasteiger partial charge on any atom is -0.340 e. The van der Waals surface area contributed by atoms with E-state index in [0.717, 1.165) is 32.1 Å². The Morgan fingerprint density at radius 1 is 1.00 bits per heavy atom. The number of alkyl halides is 3. The van der Waals surface area contributed by atoms with Gasteiger partial charge in [-0.1, -0.05) is 70.1 Å². The van der Waals surface area contributed by atoms with Gasteiger partial charge in [0.15, 0.2) is 0 Å². The van der Waals surface area contributed by atoms with Gasteiger partial charge in [-0.3, -0.25) is 4.79 Å². The van der Waals surface area contributed by atoms with E-state index in [9.17, 15) is 18.0 Å². The lowest BCUT2D eigenvalue weighted by Gasteiger charge is -2.21. The molecule has 0 bridgehead atoms. The molecule has 0 saturated heterocycles. The van der Waals surface area contributed by atoms with Crippen LogP contribution in [-0.4, -0.2) is 18.1 Å². The summed E-state index contributed by atoms with van der Waals surface area (Å²) in [5.41, 5.74) is 0.251. The predicted octanol–water partition coefficient (Wildman–Crippen LogP) is 5.49. The highest BCUT2D eigenvalue weighted by molar-refractivity contribution is 5.94. The van der Waals surface area contributed by atoms with Crippen molar-refractivity contribution >= 4 is 5.91 Å². The first-order chi connectivity index (χ1) is 10.9. The fourth-order valence-electron chi connectivity index (χ4n) is 2.45.